The number of primary amides is 1. The summed E-state index contributed by atoms with van der Waals surface area (Å²) in [6.07, 6.45) is 4.35. The molecule has 0 saturated carbocycles. The summed E-state index contributed by atoms with van der Waals surface area (Å²) < 4.78 is 1.47. The number of rotatable bonds is 5. The van der Waals surface area contributed by atoms with Crippen LogP contribution in [0.1, 0.15) is 47.9 Å². The van der Waals surface area contributed by atoms with E-state index < -0.39 is 5.91 Å². The Morgan fingerprint density at radius 3 is 2.86 bits per heavy atom. The van der Waals surface area contributed by atoms with E-state index in [2.05, 4.69) is 15.2 Å². The monoisotopic (exact) mass is 394 g/mol. The van der Waals surface area contributed by atoms with Crippen molar-refractivity contribution < 1.29 is 9.59 Å². The van der Waals surface area contributed by atoms with Gasteiger partial charge in [-0.25, -0.2) is 4.98 Å². The van der Waals surface area contributed by atoms with Gasteiger partial charge in [-0.2, -0.15) is 5.10 Å². The molecule has 1 fully saturated rings. The number of aryl methyl sites for hydroxylation is 1. The van der Waals surface area contributed by atoms with Crippen LogP contribution in [0, 0.1) is 0 Å². The largest absolute Gasteiger partial charge is 0.364 e. The minimum atomic E-state index is -0.607. The standard InChI is InChI=1S/C20H22N6O3/c21-19(28)16-11-15(23-24-16)17-7-3-4-9-26(17)18(27)8-10-25-12-22-14-6-2-1-5-13(14)20(25)29/h1-2,5-6,11-12,17H,3-4,7-10H2,(H2,21,28)(H,23,24)/t17-/m1/s1. The molecule has 1 aliphatic heterocycles. The van der Waals surface area contributed by atoms with Gasteiger partial charge in [-0.05, 0) is 37.5 Å². The lowest BCUT2D eigenvalue weighted by atomic mass is 9.98. The average molecular weight is 394 g/mol. The predicted octanol–water partition coefficient (Wildman–Crippen LogP) is 1.36. The van der Waals surface area contributed by atoms with Crippen LogP contribution < -0.4 is 11.3 Å². The first-order valence-corrected chi connectivity index (χ1v) is 9.63. The fourth-order valence-electron chi connectivity index (χ4n) is 3.81. The highest BCUT2D eigenvalue weighted by molar-refractivity contribution is 5.90. The van der Waals surface area contributed by atoms with Crippen molar-refractivity contribution in [2.75, 3.05) is 6.54 Å². The molecule has 3 N–H and O–H groups in total. The third-order valence-electron chi connectivity index (χ3n) is 5.33. The topological polar surface area (TPSA) is 127 Å². The lowest BCUT2D eigenvalue weighted by Crippen LogP contribution is -2.39. The number of aromatic nitrogens is 4. The lowest BCUT2D eigenvalue weighted by Gasteiger charge is -2.35. The maximum Gasteiger partial charge on any atom is 0.269 e. The molecule has 0 unspecified atom stereocenters. The van der Waals surface area contributed by atoms with Gasteiger partial charge in [0.05, 0.1) is 29.0 Å². The van der Waals surface area contributed by atoms with Crippen molar-refractivity contribution in [2.45, 2.75) is 38.3 Å². The van der Waals surface area contributed by atoms with Gasteiger partial charge in [0.25, 0.3) is 11.5 Å². The van der Waals surface area contributed by atoms with E-state index >= 15 is 0 Å². The summed E-state index contributed by atoms with van der Waals surface area (Å²) in [6.45, 7) is 0.882. The molecule has 150 valence electrons. The first-order chi connectivity index (χ1) is 14.0. The summed E-state index contributed by atoms with van der Waals surface area (Å²) in [5.74, 6) is -0.658. The van der Waals surface area contributed by atoms with Crippen LogP contribution in [0.2, 0.25) is 0 Å². The van der Waals surface area contributed by atoms with E-state index in [-0.39, 0.29) is 36.2 Å². The van der Waals surface area contributed by atoms with Crippen molar-refractivity contribution in [1.29, 1.82) is 0 Å². The van der Waals surface area contributed by atoms with Crippen molar-refractivity contribution >= 4 is 22.7 Å². The molecule has 0 spiro atoms. The number of aromatic amines is 1. The fourth-order valence-corrected chi connectivity index (χ4v) is 3.81. The highest BCUT2D eigenvalue weighted by atomic mass is 16.2. The molecule has 1 aliphatic rings. The third kappa shape index (κ3) is 3.75. The molecule has 0 aliphatic carbocycles. The molecule has 0 bridgehead atoms. The highest BCUT2D eigenvalue weighted by Crippen LogP contribution is 2.30. The summed E-state index contributed by atoms with van der Waals surface area (Å²) in [5.41, 5.74) is 6.63. The second-order valence-corrected chi connectivity index (χ2v) is 7.18. The van der Waals surface area contributed by atoms with Crippen LogP contribution >= 0.6 is 0 Å². The molecule has 0 radical (unpaired) electrons. The Balaban J connectivity index is 1.50. The quantitative estimate of drug-likeness (QED) is 0.675. The van der Waals surface area contributed by atoms with Crippen LogP contribution in [0.4, 0.5) is 0 Å². The van der Waals surface area contributed by atoms with Gasteiger partial charge < -0.3 is 10.6 Å². The van der Waals surface area contributed by atoms with Gasteiger partial charge in [0, 0.05) is 19.5 Å². The van der Waals surface area contributed by atoms with E-state index in [0.717, 1.165) is 19.3 Å². The lowest BCUT2D eigenvalue weighted by molar-refractivity contribution is -0.135. The molecule has 29 heavy (non-hydrogen) atoms. The third-order valence-corrected chi connectivity index (χ3v) is 5.33. The Morgan fingerprint density at radius 2 is 2.07 bits per heavy atom. The zero-order valence-corrected chi connectivity index (χ0v) is 15.9. The van der Waals surface area contributed by atoms with Crippen LogP contribution in [0.5, 0.6) is 0 Å². The Morgan fingerprint density at radius 1 is 1.24 bits per heavy atom. The van der Waals surface area contributed by atoms with Gasteiger partial charge in [0.15, 0.2) is 0 Å². The van der Waals surface area contributed by atoms with E-state index in [1.54, 1.807) is 29.2 Å². The number of carbonyl (C=O) groups is 2. The van der Waals surface area contributed by atoms with Gasteiger partial charge in [0.2, 0.25) is 5.91 Å². The number of piperidine rings is 1. The number of benzene rings is 1. The minimum absolute atomic E-state index is 0.0509. The van der Waals surface area contributed by atoms with Crippen molar-refractivity contribution in [1.82, 2.24) is 24.6 Å². The number of carbonyl (C=O) groups excluding carboxylic acids is 2. The molecule has 2 aromatic heterocycles. The van der Waals surface area contributed by atoms with E-state index in [4.69, 9.17) is 5.73 Å². The van der Waals surface area contributed by atoms with Crippen molar-refractivity contribution in [3.05, 3.63) is 58.4 Å². The van der Waals surface area contributed by atoms with Gasteiger partial charge in [-0.3, -0.25) is 24.0 Å². The molecule has 1 saturated heterocycles. The molecular formula is C20H22N6O3. The number of para-hydroxylation sites is 1. The van der Waals surface area contributed by atoms with Gasteiger partial charge in [-0.15, -0.1) is 0 Å². The molecule has 2 amide bonds. The number of hydrogen-bond acceptors (Lipinski definition) is 5. The molecule has 3 aromatic rings. The van der Waals surface area contributed by atoms with Gasteiger partial charge in [-0.1, -0.05) is 12.1 Å². The maximum atomic E-state index is 12.9. The Labute approximate surface area is 166 Å². The SMILES string of the molecule is NC(=O)c1cc([C@H]2CCCCN2C(=O)CCn2cnc3ccccc3c2=O)[nH]n1. The second kappa shape index (κ2) is 7.86. The summed E-state index contributed by atoms with van der Waals surface area (Å²) in [7, 11) is 0. The number of nitrogens with one attached hydrogen (secondary N) is 1. The van der Waals surface area contributed by atoms with Crippen molar-refractivity contribution in [3.8, 4) is 0 Å². The Hall–Kier alpha value is -3.49. The first kappa shape index (κ1) is 18.9. The summed E-state index contributed by atoms with van der Waals surface area (Å²) >= 11 is 0. The first-order valence-electron chi connectivity index (χ1n) is 9.63. The molecular weight excluding hydrogens is 372 g/mol. The van der Waals surface area contributed by atoms with E-state index in [9.17, 15) is 14.4 Å². The number of likely N-dealkylation sites (tertiary alicyclic amines) is 1. The van der Waals surface area contributed by atoms with Crippen LogP contribution in [0.25, 0.3) is 10.9 Å². The highest BCUT2D eigenvalue weighted by Gasteiger charge is 2.29. The number of H-pyrrole nitrogens is 1. The predicted molar refractivity (Wildman–Crippen MR) is 106 cm³/mol. The van der Waals surface area contributed by atoms with Crippen LogP contribution in [0.15, 0.2) is 41.5 Å². The smallest absolute Gasteiger partial charge is 0.269 e. The second-order valence-electron chi connectivity index (χ2n) is 7.18. The van der Waals surface area contributed by atoms with E-state index in [0.29, 0.717) is 23.1 Å². The molecule has 4 rings (SSSR count). The maximum absolute atomic E-state index is 12.9. The zero-order valence-electron chi connectivity index (χ0n) is 15.9. The number of hydrogen-bond donors (Lipinski definition) is 2. The van der Waals surface area contributed by atoms with Gasteiger partial charge >= 0.3 is 0 Å². The Kier molecular flexibility index (Phi) is 5.11. The van der Waals surface area contributed by atoms with E-state index in [1.165, 1.54) is 10.9 Å². The fraction of sp³-hybridized carbons (Fsp3) is 0.350. The summed E-state index contributed by atoms with van der Waals surface area (Å²) in [6, 6.07) is 8.58. The zero-order chi connectivity index (χ0) is 20.4. The van der Waals surface area contributed by atoms with Crippen molar-refractivity contribution in [2.24, 2.45) is 5.73 Å². The van der Waals surface area contributed by atoms with Crippen LogP contribution in [0.3, 0.4) is 0 Å². The van der Waals surface area contributed by atoms with Crippen LogP contribution in [-0.2, 0) is 11.3 Å². The number of nitrogens with two attached hydrogens (primary N) is 1. The van der Waals surface area contributed by atoms with Gasteiger partial charge in [0.1, 0.15) is 5.69 Å². The van der Waals surface area contributed by atoms with Crippen molar-refractivity contribution in [3.63, 3.8) is 0 Å². The number of amides is 2. The molecule has 1 atom stereocenters. The molecule has 3 heterocycles. The van der Waals surface area contributed by atoms with Crippen LogP contribution in [-0.4, -0.2) is 43.0 Å². The average Bonchev–Trinajstić information content (AvgIpc) is 3.24. The molecule has 9 nitrogen and oxygen atoms in total. The summed E-state index contributed by atoms with van der Waals surface area (Å²) in [5, 5.41) is 7.30. The molecule has 9 heteroatoms. The Bertz CT molecular complexity index is 1120. The number of nitrogens with zero attached hydrogens (tertiary/aromatic N) is 4. The molecule has 1 aromatic carbocycles. The minimum Gasteiger partial charge on any atom is -0.364 e. The number of fused-ring (bicyclic) bond motifs is 1. The van der Waals surface area contributed by atoms with E-state index in [1.807, 2.05) is 6.07 Å². The summed E-state index contributed by atoms with van der Waals surface area (Å²) in [4.78, 5) is 43.0. The normalized spacial score (nSPS) is 16.8.